The third-order valence-corrected chi connectivity index (χ3v) is 3.73. The van der Waals surface area contributed by atoms with E-state index in [0.717, 1.165) is 17.7 Å². The number of carbonyl (C=O) groups excluding carboxylic acids is 1. The van der Waals surface area contributed by atoms with Gasteiger partial charge in [-0.2, -0.15) is 0 Å². The summed E-state index contributed by atoms with van der Waals surface area (Å²) in [6.07, 6.45) is 0.829. The van der Waals surface area contributed by atoms with E-state index in [2.05, 4.69) is 15.4 Å². The number of hydrogen-bond donors (Lipinski definition) is 1. The van der Waals surface area contributed by atoms with E-state index >= 15 is 0 Å². The van der Waals surface area contributed by atoms with E-state index in [0.29, 0.717) is 17.9 Å². The van der Waals surface area contributed by atoms with Crippen LogP contribution in [0.4, 0.5) is 4.39 Å². The van der Waals surface area contributed by atoms with Crippen molar-refractivity contribution in [3.8, 4) is 17.1 Å². The van der Waals surface area contributed by atoms with Crippen molar-refractivity contribution in [3.05, 3.63) is 65.7 Å². The first-order chi connectivity index (χ1) is 12.1. The lowest BCUT2D eigenvalue weighted by Gasteiger charge is -2.06. The first-order valence-corrected chi connectivity index (χ1v) is 8.16. The zero-order chi connectivity index (χ0) is 17.8. The summed E-state index contributed by atoms with van der Waals surface area (Å²) >= 11 is 0. The van der Waals surface area contributed by atoms with Gasteiger partial charge in [-0.3, -0.25) is 4.79 Å². The molecule has 3 rings (SSSR count). The molecule has 3 aromatic rings. The van der Waals surface area contributed by atoms with Crippen molar-refractivity contribution >= 4 is 5.91 Å². The van der Waals surface area contributed by atoms with Crippen LogP contribution in [0.15, 0.2) is 48.5 Å². The van der Waals surface area contributed by atoms with Crippen LogP contribution in [0.3, 0.4) is 0 Å². The lowest BCUT2D eigenvalue weighted by atomic mass is 10.2. The van der Waals surface area contributed by atoms with E-state index in [9.17, 15) is 9.18 Å². The van der Waals surface area contributed by atoms with Gasteiger partial charge in [-0.05, 0) is 49.7 Å². The Hall–Kier alpha value is -3.02. The van der Waals surface area contributed by atoms with Gasteiger partial charge in [0.2, 0.25) is 5.82 Å². The second-order valence-corrected chi connectivity index (χ2v) is 5.77. The van der Waals surface area contributed by atoms with Crippen molar-refractivity contribution in [2.75, 3.05) is 6.54 Å². The Morgan fingerprint density at radius 1 is 1.12 bits per heavy atom. The number of hydrogen-bond acceptors (Lipinski definition) is 3. The van der Waals surface area contributed by atoms with E-state index in [1.165, 1.54) is 12.1 Å². The standard InChI is InChI=1S/C19H19FN4O/c1-3-12-21-19(25)17-22-18(14-6-8-15(20)9-7-14)24(23-17)16-10-4-13(2)5-11-16/h4-11H,3,12H2,1-2H3,(H,21,25). The smallest absolute Gasteiger partial charge is 0.290 e. The fourth-order valence-electron chi connectivity index (χ4n) is 2.38. The van der Waals surface area contributed by atoms with Gasteiger partial charge in [-0.25, -0.2) is 14.1 Å². The van der Waals surface area contributed by atoms with Crippen LogP contribution in [0.5, 0.6) is 0 Å². The molecular formula is C19H19FN4O. The normalized spacial score (nSPS) is 10.7. The second kappa shape index (κ2) is 7.25. The van der Waals surface area contributed by atoms with Crippen LogP contribution < -0.4 is 5.32 Å². The minimum Gasteiger partial charge on any atom is -0.349 e. The molecule has 0 aliphatic heterocycles. The van der Waals surface area contributed by atoms with Gasteiger partial charge in [0.05, 0.1) is 5.69 Å². The molecule has 5 nitrogen and oxygen atoms in total. The van der Waals surface area contributed by atoms with Crippen LogP contribution in [-0.4, -0.2) is 27.2 Å². The molecule has 0 aliphatic rings. The van der Waals surface area contributed by atoms with Crippen molar-refractivity contribution < 1.29 is 9.18 Å². The lowest BCUT2D eigenvalue weighted by Crippen LogP contribution is -2.25. The molecule has 1 N–H and O–H groups in total. The van der Waals surface area contributed by atoms with Gasteiger partial charge in [0.1, 0.15) is 5.82 Å². The molecule has 0 saturated heterocycles. The molecule has 0 spiro atoms. The number of aryl methyl sites for hydroxylation is 1. The highest BCUT2D eigenvalue weighted by molar-refractivity contribution is 5.91. The summed E-state index contributed by atoms with van der Waals surface area (Å²) in [5.74, 6) is -0.0685. The molecule has 0 unspecified atom stereocenters. The number of nitrogens with one attached hydrogen (secondary N) is 1. The van der Waals surface area contributed by atoms with Gasteiger partial charge in [-0.15, -0.1) is 5.10 Å². The highest BCUT2D eigenvalue weighted by atomic mass is 19.1. The number of halogens is 1. The molecule has 2 aromatic carbocycles. The highest BCUT2D eigenvalue weighted by Gasteiger charge is 2.18. The van der Waals surface area contributed by atoms with E-state index in [1.807, 2.05) is 38.1 Å². The highest BCUT2D eigenvalue weighted by Crippen LogP contribution is 2.22. The Morgan fingerprint density at radius 3 is 2.44 bits per heavy atom. The summed E-state index contributed by atoms with van der Waals surface area (Å²) in [5, 5.41) is 7.13. The molecule has 6 heteroatoms. The van der Waals surface area contributed by atoms with E-state index in [4.69, 9.17) is 0 Å². The second-order valence-electron chi connectivity index (χ2n) is 5.77. The minimum absolute atomic E-state index is 0.0911. The van der Waals surface area contributed by atoms with Crippen LogP contribution in [0.25, 0.3) is 17.1 Å². The molecular weight excluding hydrogens is 319 g/mol. The average molecular weight is 338 g/mol. The van der Waals surface area contributed by atoms with Gasteiger partial charge in [0, 0.05) is 12.1 Å². The molecule has 1 heterocycles. The topological polar surface area (TPSA) is 59.8 Å². The van der Waals surface area contributed by atoms with Crippen molar-refractivity contribution in [2.24, 2.45) is 0 Å². The summed E-state index contributed by atoms with van der Waals surface area (Å²) in [6, 6.07) is 13.7. The zero-order valence-corrected chi connectivity index (χ0v) is 14.2. The largest absolute Gasteiger partial charge is 0.349 e. The summed E-state index contributed by atoms with van der Waals surface area (Å²) in [4.78, 5) is 16.6. The lowest BCUT2D eigenvalue weighted by molar-refractivity contribution is 0.0943. The van der Waals surface area contributed by atoms with Crippen LogP contribution in [0, 0.1) is 12.7 Å². The molecule has 25 heavy (non-hydrogen) atoms. The van der Waals surface area contributed by atoms with E-state index in [1.54, 1.807) is 16.8 Å². The third-order valence-electron chi connectivity index (χ3n) is 3.73. The fourth-order valence-corrected chi connectivity index (χ4v) is 2.38. The number of aromatic nitrogens is 3. The van der Waals surface area contributed by atoms with Gasteiger partial charge >= 0.3 is 0 Å². The van der Waals surface area contributed by atoms with Crippen molar-refractivity contribution in [3.63, 3.8) is 0 Å². The van der Waals surface area contributed by atoms with Gasteiger partial charge in [0.25, 0.3) is 5.91 Å². The number of nitrogens with zero attached hydrogens (tertiary/aromatic N) is 3. The molecule has 0 radical (unpaired) electrons. The quantitative estimate of drug-likeness (QED) is 0.774. The Bertz CT molecular complexity index is 806. The first-order valence-electron chi connectivity index (χ1n) is 8.16. The van der Waals surface area contributed by atoms with Gasteiger partial charge in [0.15, 0.2) is 5.82 Å². The Morgan fingerprint density at radius 2 is 1.80 bits per heavy atom. The maximum atomic E-state index is 13.2. The van der Waals surface area contributed by atoms with Crippen LogP contribution in [-0.2, 0) is 0 Å². The van der Waals surface area contributed by atoms with Crippen molar-refractivity contribution in [2.45, 2.75) is 20.3 Å². The Kier molecular flexibility index (Phi) is 4.88. The molecule has 0 saturated carbocycles. The van der Waals surface area contributed by atoms with Crippen LogP contribution in [0.1, 0.15) is 29.5 Å². The Balaban J connectivity index is 2.07. The maximum absolute atomic E-state index is 13.2. The molecule has 0 aliphatic carbocycles. The fraction of sp³-hybridized carbons (Fsp3) is 0.211. The first kappa shape index (κ1) is 16.8. The van der Waals surface area contributed by atoms with Gasteiger partial charge < -0.3 is 5.32 Å². The summed E-state index contributed by atoms with van der Waals surface area (Å²) < 4.78 is 14.8. The monoisotopic (exact) mass is 338 g/mol. The van der Waals surface area contributed by atoms with E-state index in [-0.39, 0.29) is 17.5 Å². The molecule has 0 fully saturated rings. The predicted octanol–water partition coefficient (Wildman–Crippen LogP) is 3.52. The summed E-state index contributed by atoms with van der Waals surface area (Å²) in [6.45, 7) is 4.53. The molecule has 128 valence electrons. The third kappa shape index (κ3) is 3.74. The number of carbonyl (C=O) groups is 1. The van der Waals surface area contributed by atoms with Crippen LogP contribution in [0.2, 0.25) is 0 Å². The summed E-state index contributed by atoms with van der Waals surface area (Å²) in [5.41, 5.74) is 2.59. The predicted molar refractivity (Wildman–Crippen MR) is 94.1 cm³/mol. The molecule has 1 aromatic heterocycles. The molecule has 0 bridgehead atoms. The minimum atomic E-state index is -0.328. The molecule has 1 amide bonds. The van der Waals surface area contributed by atoms with E-state index < -0.39 is 0 Å². The number of amides is 1. The zero-order valence-electron chi connectivity index (χ0n) is 14.2. The Labute approximate surface area is 145 Å². The number of rotatable bonds is 5. The summed E-state index contributed by atoms with van der Waals surface area (Å²) in [7, 11) is 0. The maximum Gasteiger partial charge on any atom is 0.290 e. The van der Waals surface area contributed by atoms with Crippen molar-refractivity contribution in [1.29, 1.82) is 0 Å². The molecule has 0 atom stereocenters. The SMILES string of the molecule is CCCNC(=O)c1nc(-c2ccc(F)cc2)n(-c2ccc(C)cc2)n1. The van der Waals surface area contributed by atoms with Gasteiger partial charge in [-0.1, -0.05) is 24.6 Å². The average Bonchev–Trinajstić information content (AvgIpc) is 3.06. The van der Waals surface area contributed by atoms with Crippen LogP contribution >= 0.6 is 0 Å². The van der Waals surface area contributed by atoms with Crippen molar-refractivity contribution in [1.82, 2.24) is 20.1 Å². The number of benzene rings is 2.